The molecule has 2 aromatic rings. The van der Waals surface area contributed by atoms with E-state index in [0.717, 1.165) is 23.1 Å². The van der Waals surface area contributed by atoms with Gasteiger partial charge in [-0.15, -0.1) is 0 Å². The lowest BCUT2D eigenvalue weighted by atomic mass is 10.1. The van der Waals surface area contributed by atoms with E-state index in [9.17, 15) is 13.2 Å². The largest absolute Gasteiger partial charge is 0.352 e. The average Bonchev–Trinajstić information content (AvgIpc) is 2.58. The summed E-state index contributed by atoms with van der Waals surface area (Å²) in [5, 5.41) is 2.84. The van der Waals surface area contributed by atoms with Crippen LogP contribution < -0.4 is 10.0 Å². The van der Waals surface area contributed by atoms with E-state index in [1.54, 1.807) is 0 Å². The maximum Gasteiger partial charge on any atom is 0.261 e. The Hall–Kier alpha value is -2.34. The number of anilines is 1. The van der Waals surface area contributed by atoms with Crippen molar-refractivity contribution in [1.29, 1.82) is 0 Å². The van der Waals surface area contributed by atoms with E-state index in [-0.39, 0.29) is 10.8 Å². The van der Waals surface area contributed by atoms with E-state index >= 15 is 0 Å². The molecular weight excluding hydrogens is 360 g/mol. The number of carbonyl (C=O) groups is 1. The van der Waals surface area contributed by atoms with Crippen LogP contribution in [0.15, 0.2) is 41.3 Å². The standard InChI is InChI=1S/C21H28N2O3S/c1-14(2)10-11-22-21(24)18-6-8-19(9-7-18)27(25,26)23-20-16(4)12-15(3)13-17(20)5/h6-9,12-14,23H,10-11H2,1-5H3,(H,22,24). The van der Waals surface area contributed by atoms with E-state index < -0.39 is 10.0 Å². The molecule has 2 rings (SSSR count). The Morgan fingerprint density at radius 3 is 2.07 bits per heavy atom. The number of nitrogens with one attached hydrogen (secondary N) is 2. The first-order chi connectivity index (χ1) is 12.6. The molecule has 2 N–H and O–H groups in total. The molecule has 27 heavy (non-hydrogen) atoms. The molecule has 2 aromatic carbocycles. The lowest BCUT2D eigenvalue weighted by molar-refractivity contribution is 0.0952. The molecule has 6 heteroatoms. The molecule has 0 aliphatic carbocycles. The number of carbonyl (C=O) groups excluding carboxylic acids is 1. The van der Waals surface area contributed by atoms with Gasteiger partial charge in [0.2, 0.25) is 0 Å². The SMILES string of the molecule is Cc1cc(C)c(NS(=O)(=O)c2ccc(C(=O)NCCC(C)C)cc2)c(C)c1. The van der Waals surface area contributed by atoms with Crippen LogP contribution in [0.2, 0.25) is 0 Å². The Kier molecular flexibility index (Phi) is 6.65. The minimum absolute atomic E-state index is 0.126. The normalized spacial score (nSPS) is 11.5. The van der Waals surface area contributed by atoms with Crippen molar-refractivity contribution in [2.24, 2.45) is 5.92 Å². The van der Waals surface area contributed by atoms with Crippen molar-refractivity contribution in [1.82, 2.24) is 5.32 Å². The molecule has 0 fully saturated rings. The van der Waals surface area contributed by atoms with Gasteiger partial charge in [0.05, 0.1) is 10.6 Å². The van der Waals surface area contributed by atoms with E-state index in [0.29, 0.717) is 23.7 Å². The van der Waals surface area contributed by atoms with Crippen molar-refractivity contribution < 1.29 is 13.2 Å². The summed E-state index contributed by atoms with van der Waals surface area (Å²) < 4.78 is 28.1. The minimum Gasteiger partial charge on any atom is -0.352 e. The third-order valence-electron chi connectivity index (χ3n) is 4.35. The average molecular weight is 389 g/mol. The van der Waals surface area contributed by atoms with Gasteiger partial charge in [-0.1, -0.05) is 31.5 Å². The van der Waals surface area contributed by atoms with Crippen LogP contribution in [0.25, 0.3) is 0 Å². The van der Waals surface area contributed by atoms with Gasteiger partial charge in [-0.05, 0) is 68.5 Å². The van der Waals surface area contributed by atoms with E-state index in [2.05, 4.69) is 23.9 Å². The predicted molar refractivity (Wildman–Crippen MR) is 110 cm³/mol. The van der Waals surface area contributed by atoms with E-state index in [1.807, 2.05) is 32.9 Å². The fraction of sp³-hybridized carbons (Fsp3) is 0.381. The minimum atomic E-state index is -3.72. The quantitative estimate of drug-likeness (QED) is 0.747. The smallest absolute Gasteiger partial charge is 0.261 e. The maximum absolute atomic E-state index is 12.7. The van der Waals surface area contributed by atoms with Crippen molar-refractivity contribution in [2.75, 3.05) is 11.3 Å². The Labute approximate surface area is 162 Å². The van der Waals surface area contributed by atoms with Crippen molar-refractivity contribution in [3.63, 3.8) is 0 Å². The highest BCUT2D eigenvalue weighted by Crippen LogP contribution is 2.25. The van der Waals surface area contributed by atoms with Gasteiger partial charge in [0.25, 0.3) is 15.9 Å². The molecule has 0 unspecified atom stereocenters. The summed E-state index contributed by atoms with van der Waals surface area (Å²) in [6.45, 7) is 10.5. The number of aryl methyl sites for hydroxylation is 3. The summed E-state index contributed by atoms with van der Waals surface area (Å²) in [7, 11) is -3.72. The first kappa shape index (κ1) is 21.0. The monoisotopic (exact) mass is 388 g/mol. The first-order valence-electron chi connectivity index (χ1n) is 9.09. The number of benzene rings is 2. The van der Waals surface area contributed by atoms with Crippen LogP contribution >= 0.6 is 0 Å². The first-order valence-corrected chi connectivity index (χ1v) is 10.6. The second-order valence-corrected chi connectivity index (χ2v) is 9.02. The molecule has 0 aliphatic heterocycles. The molecule has 146 valence electrons. The summed E-state index contributed by atoms with van der Waals surface area (Å²) in [4.78, 5) is 12.2. The van der Waals surface area contributed by atoms with Crippen LogP contribution in [0, 0.1) is 26.7 Å². The van der Waals surface area contributed by atoms with Crippen LogP contribution in [0.5, 0.6) is 0 Å². The molecule has 5 nitrogen and oxygen atoms in total. The van der Waals surface area contributed by atoms with Gasteiger partial charge >= 0.3 is 0 Å². The number of sulfonamides is 1. The Bertz CT molecular complexity index is 894. The van der Waals surface area contributed by atoms with Crippen LogP contribution in [0.4, 0.5) is 5.69 Å². The zero-order valence-electron chi connectivity index (χ0n) is 16.6. The van der Waals surface area contributed by atoms with E-state index in [4.69, 9.17) is 0 Å². The number of hydrogen-bond acceptors (Lipinski definition) is 3. The topological polar surface area (TPSA) is 75.3 Å². The molecule has 0 spiro atoms. The highest BCUT2D eigenvalue weighted by atomic mass is 32.2. The number of rotatable bonds is 7. The second kappa shape index (κ2) is 8.57. The molecule has 1 amide bonds. The van der Waals surface area contributed by atoms with Gasteiger partial charge < -0.3 is 5.32 Å². The predicted octanol–water partition coefficient (Wildman–Crippen LogP) is 4.19. The third-order valence-corrected chi connectivity index (χ3v) is 5.71. The maximum atomic E-state index is 12.7. The lowest BCUT2D eigenvalue weighted by Gasteiger charge is -2.14. The highest BCUT2D eigenvalue weighted by molar-refractivity contribution is 7.92. The summed E-state index contributed by atoms with van der Waals surface area (Å²) in [6, 6.07) is 9.87. The Balaban J connectivity index is 2.15. The zero-order chi connectivity index (χ0) is 20.2. The molecule has 0 saturated carbocycles. The Morgan fingerprint density at radius 1 is 1.00 bits per heavy atom. The molecule has 0 bridgehead atoms. The second-order valence-electron chi connectivity index (χ2n) is 7.34. The van der Waals surface area contributed by atoms with Gasteiger partial charge in [-0.2, -0.15) is 0 Å². The molecule has 0 atom stereocenters. The number of hydrogen-bond donors (Lipinski definition) is 2. The summed E-state index contributed by atoms with van der Waals surface area (Å²) in [5.41, 5.74) is 3.87. The molecule has 0 heterocycles. The zero-order valence-corrected chi connectivity index (χ0v) is 17.4. The van der Waals surface area contributed by atoms with Crippen LogP contribution in [0.3, 0.4) is 0 Å². The third kappa shape index (κ3) is 5.57. The fourth-order valence-corrected chi connectivity index (χ4v) is 4.10. The van der Waals surface area contributed by atoms with Gasteiger partial charge in [-0.25, -0.2) is 8.42 Å². The highest BCUT2D eigenvalue weighted by Gasteiger charge is 2.17. The van der Waals surface area contributed by atoms with Crippen LogP contribution in [-0.4, -0.2) is 20.9 Å². The van der Waals surface area contributed by atoms with E-state index in [1.165, 1.54) is 24.3 Å². The van der Waals surface area contributed by atoms with Crippen molar-refractivity contribution >= 4 is 21.6 Å². The van der Waals surface area contributed by atoms with Crippen molar-refractivity contribution in [2.45, 2.75) is 45.9 Å². The summed E-state index contributed by atoms with van der Waals surface area (Å²) in [5.74, 6) is 0.315. The lowest BCUT2D eigenvalue weighted by Crippen LogP contribution is -2.25. The summed E-state index contributed by atoms with van der Waals surface area (Å²) in [6.07, 6.45) is 0.900. The van der Waals surface area contributed by atoms with Crippen molar-refractivity contribution in [3.05, 3.63) is 58.7 Å². The van der Waals surface area contributed by atoms with Crippen LogP contribution in [-0.2, 0) is 10.0 Å². The van der Waals surface area contributed by atoms with Gasteiger partial charge in [0, 0.05) is 12.1 Å². The molecular formula is C21H28N2O3S. The van der Waals surface area contributed by atoms with Gasteiger partial charge in [0.1, 0.15) is 0 Å². The van der Waals surface area contributed by atoms with Crippen molar-refractivity contribution in [3.8, 4) is 0 Å². The Morgan fingerprint density at radius 2 is 1.56 bits per heavy atom. The summed E-state index contributed by atoms with van der Waals surface area (Å²) >= 11 is 0. The molecule has 0 saturated heterocycles. The number of amides is 1. The molecule has 0 radical (unpaired) electrons. The van der Waals surface area contributed by atoms with Gasteiger partial charge in [-0.3, -0.25) is 9.52 Å². The van der Waals surface area contributed by atoms with Crippen LogP contribution in [0.1, 0.15) is 47.3 Å². The van der Waals surface area contributed by atoms with Gasteiger partial charge in [0.15, 0.2) is 0 Å². The molecule has 0 aromatic heterocycles. The molecule has 0 aliphatic rings. The fourth-order valence-electron chi connectivity index (χ4n) is 2.90.